The molecule has 58 valence electrons. The van der Waals surface area contributed by atoms with E-state index in [1.807, 2.05) is 13.0 Å². The van der Waals surface area contributed by atoms with E-state index in [1.165, 1.54) is 0 Å². The van der Waals surface area contributed by atoms with Crippen LogP contribution in [0.15, 0.2) is 0 Å². The summed E-state index contributed by atoms with van der Waals surface area (Å²) in [4.78, 5) is 16.2. The summed E-state index contributed by atoms with van der Waals surface area (Å²) in [6.07, 6.45) is 3.34. The maximum atomic E-state index is 9.96. The number of unbranched alkanes of at least 4 members (excludes halogenated alkanes) is 1. The summed E-state index contributed by atoms with van der Waals surface area (Å²) < 4.78 is 13.8. The van der Waals surface area contributed by atoms with Crippen LogP contribution in [-0.4, -0.2) is 9.79 Å². The molecule has 5 heteroatoms. The molecule has 0 aromatic carbocycles. The smallest absolute Gasteiger partial charge is 0.350 e. The van der Waals surface area contributed by atoms with Gasteiger partial charge in [-0.3, -0.25) is 9.79 Å². The molecule has 0 radical (unpaired) electrons. The summed E-state index contributed by atoms with van der Waals surface area (Å²) in [7, 11) is -4.38. The van der Waals surface area contributed by atoms with Crippen molar-refractivity contribution in [3.63, 3.8) is 0 Å². The van der Waals surface area contributed by atoms with E-state index >= 15 is 0 Å². The number of hydrogen-bond donors (Lipinski definition) is 2. The highest BCUT2D eigenvalue weighted by atomic mass is 31.2. The van der Waals surface area contributed by atoms with Gasteiger partial charge < -0.3 is 4.52 Å². The Bertz CT molecular complexity index is 184. The Balaban J connectivity index is 3.56. The zero-order chi connectivity index (χ0) is 8.04. The lowest BCUT2D eigenvalue weighted by Gasteiger charge is -1.94. The van der Waals surface area contributed by atoms with Gasteiger partial charge in [-0.15, -0.1) is 0 Å². The van der Waals surface area contributed by atoms with E-state index in [1.54, 1.807) is 0 Å². The molecule has 0 fully saturated rings. The molecule has 0 rings (SSSR count). The molecule has 0 aliphatic carbocycles. The first kappa shape index (κ1) is 9.51. The van der Waals surface area contributed by atoms with Crippen LogP contribution in [0.3, 0.4) is 0 Å². The molecule has 0 aromatic rings. The first-order chi connectivity index (χ1) is 4.56. The van der Waals surface area contributed by atoms with E-state index in [-0.39, 0.29) is 0 Å². The lowest BCUT2D eigenvalue weighted by atomic mass is 10.4. The quantitative estimate of drug-likeness (QED) is 0.469. The Morgan fingerprint density at radius 1 is 1.60 bits per heavy atom. The van der Waals surface area contributed by atoms with Crippen molar-refractivity contribution in [1.82, 2.24) is 0 Å². The molecule has 0 amide bonds. The second kappa shape index (κ2) is 4.35. The van der Waals surface area contributed by atoms with Crippen molar-refractivity contribution in [3.8, 4) is 12.0 Å². The molecule has 0 bridgehead atoms. The van der Waals surface area contributed by atoms with Gasteiger partial charge >= 0.3 is 7.82 Å². The van der Waals surface area contributed by atoms with Gasteiger partial charge in [-0.25, -0.2) is 4.57 Å². The molecular formula is C5H9O4P. The first-order valence-electron chi connectivity index (χ1n) is 2.78. The van der Waals surface area contributed by atoms with Gasteiger partial charge in [-0.2, -0.15) is 0 Å². The van der Waals surface area contributed by atoms with Crippen LogP contribution >= 0.6 is 7.82 Å². The second-order valence-electron chi connectivity index (χ2n) is 1.61. The van der Waals surface area contributed by atoms with E-state index in [0.717, 1.165) is 6.42 Å². The van der Waals surface area contributed by atoms with Gasteiger partial charge in [0, 0.05) is 6.42 Å². The summed E-state index contributed by atoms with van der Waals surface area (Å²) >= 11 is 0. The van der Waals surface area contributed by atoms with Gasteiger partial charge in [0.25, 0.3) is 0 Å². The van der Waals surface area contributed by atoms with E-state index < -0.39 is 7.82 Å². The van der Waals surface area contributed by atoms with Crippen LogP contribution in [0.5, 0.6) is 0 Å². The fourth-order valence-corrected chi connectivity index (χ4v) is 0.451. The fraction of sp³-hybridized carbons (Fsp3) is 0.600. The number of phosphoric acid groups is 1. The Morgan fingerprint density at radius 2 is 2.20 bits per heavy atom. The van der Waals surface area contributed by atoms with Crippen LogP contribution in [0.25, 0.3) is 0 Å². The van der Waals surface area contributed by atoms with Gasteiger partial charge in [0.2, 0.25) is 0 Å². The molecular weight excluding hydrogens is 155 g/mol. The van der Waals surface area contributed by atoms with Crippen molar-refractivity contribution in [2.75, 3.05) is 0 Å². The van der Waals surface area contributed by atoms with Crippen molar-refractivity contribution >= 4 is 7.82 Å². The monoisotopic (exact) mass is 164 g/mol. The van der Waals surface area contributed by atoms with Gasteiger partial charge in [0.15, 0.2) is 0 Å². The maximum Gasteiger partial charge on any atom is 0.533 e. The van der Waals surface area contributed by atoms with Crippen LogP contribution in [0.2, 0.25) is 0 Å². The Hall–Kier alpha value is -0.490. The van der Waals surface area contributed by atoms with Crippen LogP contribution in [-0.2, 0) is 9.09 Å². The number of hydrogen-bond acceptors (Lipinski definition) is 2. The first-order valence-corrected chi connectivity index (χ1v) is 4.31. The van der Waals surface area contributed by atoms with Crippen molar-refractivity contribution in [3.05, 3.63) is 0 Å². The van der Waals surface area contributed by atoms with Gasteiger partial charge in [-0.1, -0.05) is 12.8 Å². The molecule has 0 heterocycles. The lowest BCUT2D eigenvalue weighted by Crippen LogP contribution is -1.78. The van der Waals surface area contributed by atoms with E-state index in [4.69, 9.17) is 9.79 Å². The second-order valence-corrected chi connectivity index (χ2v) is 2.77. The Kier molecular flexibility index (Phi) is 4.13. The predicted octanol–water partition coefficient (Wildman–Crippen LogP) is 0.857. The van der Waals surface area contributed by atoms with Crippen LogP contribution in [0, 0.1) is 12.0 Å². The zero-order valence-corrected chi connectivity index (χ0v) is 6.47. The highest BCUT2D eigenvalue weighted by Crippen LogP contribution is 2.34. The van der Waals surface area contributed by atoms with Crippen molar-refractivity contribution in [2.24, 2.45) is 0 Å². The standard InChI is InChI=1S/C5H9O4P/c1-2-3-4-5-9-10(6,7)8/h2-3H2,1H3,(H2,6,7,8). The van der Waals surface area contributed by atoms with Gasteiger partial charge in [0.1, 0.15) is 6.11 Å². The summed E-state index contributed by atoms with van der Waals surface area (Å²) in [6.45, 7) is 1.91. The van der Waals surface area contributed by atoms with Crippen LogP contribution in [0.4, 0.5) is 0 Å². The highest BCUT2D eigenvalue weighted by Gasteiger charge is 2.11. The van der Waals surface area contributed by atoms with Crippen molar-refractivity contribution < 1.29 is 18.9 Å². The minimum Gasteiger partial charge on any atom is -0.350 e. The number of rotatable bonds is 2. The Labute approximate surface area is 59.4 Å². The SMILES string of the molecule is CCCC#COP(=O)(O)O. The molecule has 0 atom stereocenters. The van der Waals surface area contributed by atoms with E-state index in [9.17, 15) is 4.57 Å². The zero-order valence-electron chi connectivity index (χ0n) is 5.57. The van der Waals surface area contributed by atoms with Gasteiger partial charge in [0.05, 0.1) is 0 Å². The highest BCUT2D eigenvalue weighted by molar-refractivity contribution is 7.46. The lowest BCUT2D eigenvalue weighted by molar-refractivity contribution is 0.269. The molecule has 10 heavy (non-hydrogen) atoms. The van der Waals surface area contributed by atoms with E-state index in [0.29, 0.717) is 6.42 Å². The average molecular weight is 164 g/mol. The molecule has 0 spiro atoms. The maximum absolute atomic E-state index is 9.96. The third-order valence-electron chi connectivity index (χ3n) is 0.612. The topological polar surface area (TPSA) is 66.8 Å². The minimum atomic E-state index is -4.38. The summed E-state index contributed by atoms with van der Waals surface area (Å²) in [5.41, 5.74) is 0. The molecule has 0 unspecified atom stereocenters. The molecule has 2 N–H and O–H groups in total. The summed E-state index contributed by atoms with van der Waals surface area (Å²) in [5, 5.41) is 0. The fourth-order valence-electron chi connectivity index (χ4n) is 0.268. The number of phosphoric ester groups is 1. The minimum absolute atomic E-state index is 0.583. The third-order valence-corrected chi connectivity index (χ3v) is 0.941. The summed E-state index contributed by atoms with van der Waals surface area (Å²) in [6, 6.07) is 0. The predicted molar refractivity (Wildman–Crippen MR) is 35.8 cm³/mol. The van der Waals surface area contributed by atoms with Crippen LogP contribution in [0.1, 0.15) is 19.8 Å². The molecule has 0 saturated carbocycles. The summed E-state index contributed by atoms with van der Waals surface area (Å²) in [5.74, 6) is 2.43. The van der Waals surface area contributed by atoms with Crippen LogP contribution < -0.4 is 0 Å². The van der Waals surface area contributed by atoms with Gasteiger partial charge in [-0.05, 0) is 6.42 Å². The van der Waals surface area contributed by atoms with E-state index in [2.05, 4.69) is 10.4 Å². The molecule has 0 aliphatic rings. The average Bonchev–Trinajstić information content (AvgIpc) is 1.78. The van der Waals surface area contributed by atoms with Crippen molar-refractivity contribution in [2.45, 2.75) is 19.8 Å². The normalized spacial score (nSPS) is 9.90. The largest absolute Gasteiger partial charge is 0.533 e. The molecule has 4 nitrogen and oxygen atoms in total. The molecule has 0 aromatic heterocycles. The third kappa shape index (κ3) is 7.51. The molecule has 0 aliphatic heterocycles. The Morgan fingerprint density at radius 3 is 2.60 bits per heavy atom. The molecule has 0 saturated heterocycles. The van der Waals surface area contributed by atoms with Crippen molar-refractivity contribution in [1.29, 1.82) is 0 Å².